The number of carbonyl (C=O) groups excluding carboxylic acids is 1. The smallest absolute Gasteiger partial charge is 0.292 e. The Morgan fingerprint density at radius 1 is 1.02 bits per heavy atom. The van der Waals surface area contributed by atoms with Crippen LogP contribution in [0.2, 0.25) is 0 Å². The summed E-state index contributed by atoms with van der Waals surface area (Å²) < 4.78 is 10.3. The molecule has 10 nitrogen and oxygen atoms in total. The van der Waals surface area contributed by atoms with Crippen molar-refractivity contribution in [2.24, 2.45) is 0 Å². The maximum Gasteiger partial charge on any atom is 0.292 e. The summed E-state index contributed by atoms with van der Waals surface area (Å²) in [4.78, 5) is 29.1. The number of nitrogens with zero attached hydrogens (tertiary/aromatic N) is 4. The molecule has 0 fully saturated rings. The van der Waals surface area contributed by atoms with Crippen molar-refractivity contribution in [3.8, 4) is 11.4 Å². The highest BCUT2D eigenvalue weighted by molar-refractivity contribution is 7.99. The van der Waals surface area contributed by atoms with Gasteiger partial charge in [-0.2, -0.15) is 0 Å². The highest BCUT2D eigenvalue weighted by Gasteiger charge is 2.31. The molecule has 44 heavy (non-hydrogen) atoms. The van der Waals surface area contributed by atoms with Crippen LogP contribution in [0.15, 0.2) is 90.1 Å². The molecule has 6 rings (SSSR count). The van der Waals surface area contributed by atoms with Crippen LogP contribution in [0, 0.1) is 20.2 Å². The lowest BCUT2D eigenvalue weighted by atomic mass is 9.90. The van der Waals surface area contributed by atoms with E-state index in [-0.39, 0.29) is 22.6 Å². The molecular weight excluding hydrogens is 597 g/mol. The predicted octanol–water partition coefficient (Wildman–Crippen LogP) is 6.52. The average molecular weight is 625 g/mol. The van der Waals surface area contributed by atoms with Crippen molar-refractivity contribution < 1.29 is 14.5 Å². The number of ether oxygens (including phenoxy) is 1. The van der Waals surface area contributed by atoms with Crippen LogP contribution in [0.5, 0.6) is 0 Å². The van der Waals surface area contributed by atoms with Crippen LogP contribution in [0.1, 0.15) is 25.0 Å². The van der Waals surface area contributed by atoms with Crippen molar-refractivity contribution in [1.29, 1.82) is 5.41 Å². The van der Waals surface area contributed by atoms with Gasteiger partial charge in [0.2, 0.25) is 5.91 Å². The molecule has 2 N–H and O–H groups in total. The first-order valence-electron chi connectivity index (χ1n) is 13.8. The van der Waals surface area contributed by atoms with E-state index in [0.29, 0.717) is 39.5 Å². The minimum atomic E-state index is -0.537. The predicted molar refractivity (Wildman–Crippen MR) is 172 cm³/mol. The van der Waals surface area contributed by atoms with E-state index in [1.54, 1.807) is 16.7 Å². The molecule has 3 aromatic carbocycles. The Morgan fingerprint density at radius 3 is 2.30 bits per heavy atom. The Kier molecular flexibility index (Phi) is 7.89. The monoisotopic (exact) mass is 624 g/mol. The van der Waals surface area contributed by atoms with Gasteiger partial charge in [-0.1, -0.05) is 72.5 Å². The Balaban J connectivity index is 1.54. The van der Waals surface area contributed by atoms with Gasteiger partial charge in [0.25, 0.3) is 5.69 Å². The summed E-state index contributed by atoms with van der Waals surface area (Å²) >= 11 is 7.17. The number of hydrogen-bond donors (Lipinski definition) is 2. The number of aromatic nitrogens is 3. The number of anilines is 1. The second-order valence-corrected chi connectivity index (χ2v) is 12.2. The van der Waals surface area contributed by atoms with Crippen LogP contribution < -0.4 is 10.8 Å². The van der Waals surface area contributed by atoms with Gasteiger partial charge in [0, 0.05) is 29.4 Å². The maximum absolute atomic E-state index is 13.1. The molecular formula is C32H28N6O4S2. The molecule has 0 atom stereocenters. The third-order valence-electron chi connectivity index (χ3n) is 7.36. The first-order chi connectivity index (χ1) is 21.1. The minimum absolute atomic E-state index is 0.102. The number of nitro groups is 1. The third kappa shape index (κ3) is 5.54. The lowest BCUT2D eigenvalue weighted by Crippen LogP contribution is -2.35. The zero-order chi connectivity index (χ0) is 31.0. The average Bonchev–Trinajstić information content (AvgIpc) is 3.00. The molecule has 2 aromatic heterocycles. The van der Waals surface area contributed by atoms with E-state index < -0.39 is 16.4 Å². The summed E-state index contributed by atoms with van der Waals surface area (Å²) in [6, 6.07) is 25.0. The van der Waals surface area contributed by atoms with E-state index in [1.807, 2.05) is 79.1 Å². The van der Waals surface area contributed by atoms with Gasteiger partial charge in [0.1, 0.15) is 15.8 Å². The van der Waals surface area contributed by atoms with E-state index in [4.69, 9.17) is 21.9 Å². The van der Waals surface area contributed by atoms with Gasteiger partial charge in [0.15, 0.2) is 10.8 Å². The molecule has 1 aliphatic heterocycles. The van der Waals surface area contributed by atoms with Gasteiger partial charge in [-0.25, -0.2) is 4.98 Å². The van der Waals surface area contributed by atoms with Gasteiger partial charge in [0.05, 0.1) is 28.3 Å². The molecule has 5 aromatic rings. The highest BCUT2D eigenvalue weighted by Crippen LogP contribution is 2.35. The Labute approximate surface area is 262 Å². The topological polar surface area (TPSA) is 128 Å². The van der Waals surface area contributed by atoms with Crippen molar-refractivity contribution in [2.75, 3.05) is 11.1 Å². The summed E-state index contributed by atoms with van der Waals surface area (Å²) in [6.45, 7) is 4.35. The number of nitrogens with one attached hydrogen (secondary N) is 2. The molecule has 222 valence electrons. The summed E-state index contributed by atoms with van der Waals surface area (Å²) in [5.41, 5.74) is 3.47. The van der Waals surface area contributed by atoms with Crippen molar-refractivity contribution in [3.63, 3.8) is 0 Å². The molecule has 0 bridgehead atoms. The Bertz CT molecular complexity index is 2040. The molecule has 0 saturated heterocycles. The highest BCUT2D eigenvalue weighted by atomic mass is 32.2. The van der Waals surface area contributed by atoms with Crippen LogP contribution in [0.3, 0.4) is 0 Å². The number of benzene rings is 3. The number of nitro benzene ring substituents is 1. The third-order valence-corrected chi connectivity index (χ3v) is 8.73. The number of carbonyl (C=O) groups is 1. The van der Waals surface area contributed by atoms with Crippen LogP contribution in [-0.4, -0.2) is 36.3 Å². The van der Waals surface area contributed by atoms with Crippen molar-refractivity contribution in [2.45, 2.75) is 37.6 Å². The lowest BCUT2D eigenvalue weighted by Gasteiger charge is -2.33. The summed E-state index contributed by atoms with van der Waals surface area (Å²) in [6.07, 6.45) is 0.547. The first kappa shape index (κ1) is 29.4. The van der Waals surface area contributed by atoms with Crippen molar-refractivity contribution in [3.05, 3.63) is 116 Å². The largest absolute Gasteiger partial charge is 0.370 e. The molecule has 0 saturated carbocycles. The molecule has 0 spiro atoms. The normalized spacial score (nSPS) is 13.8. The SMILES string of the molecule is CC1(C)Cc2c(c(=S)n(-c3ccccc3)c3nc(SCC(=O)Nc4ccccc4[N+](=O)[O-])n(-c4ccccc4)c(=N)c23)CO1. The molecule has 1 amide bonds. The molecule has 1 aliphatic rings. The van der Waals surface area contributed by atoms with Gasteiger partial charge in [-0.3, -0.25) is 29.5 Å². The van der Waals surface area contributed by atoms with E-state index in [9.17, 15) is 20.3 Å². The number of thioether (sulfide) groups is 1. The summed E-state index contributed by atoms with van der Waals surface area (Å²) in [5, 5.41) is 24.8. The van der Waals surface area contributed by atoms with Gasteiger partial charge in [-0.15, -0.1) is 0 Å². The fourth-order valence-corrected chi connectivity index (χ4v) is 6.52. The lowest BCUT2D eigenvalue weighted by molar-refractivity contribution is -0.383. The van der Waals surface area contributed by atoms with Crippen LogP contribution in [0.25, 0.3) is 22.4 Å². The van der Waals surface area contributed by atoms with Crippen LogP contribution in [-0.2, 0) is 22.6 Å². The Morgan fingerprint density at radius 2 is 1.64 bits per heavy atom. The molecule has 12 heteroatoms. The van der Waals surface area contributed by atoms with Gasteiger partial charge in [-0.05, 0) is 49.7 Å². The maximum atomic E-state index is 13.1. The second-order valence-electron chi connectivity index (χ2n) is 10.9. The number of para-hydroxylation sites is 4. The quantitative estimate of drug-likeness (QED) is 0.0694. The molecule has 0 radical (unpaired) electrons. The van der Waals surface area contributed by atoms with Crippen molar-refractivity contribution >= 4 is 52.3 Å². The number of fused-ring (bicyclic) bond motifs is 3. The summed E-state index contributed by atoms with van der Waals surface area (Å²) in [7, 11) is 0. The minimum Gasteiger partial charge on any atom is -0.370 e. The van der Waals surface area contributed by atoms with E-state index >= 15 is 0 Å². The van der Waals surface area contributed by atoms with Gasteiger partial charge < -0.3 is 10.1 Å². The molecule has 3 heterocycles. The number of hydrogen-bond acceptors (Lipinski definition) is 8. The van der Waals surface area contributed by atoms with Crippen LogP contribution in [0.4, 0.5) is 11.4 Å². The molecule has 0 aliphatic carbocycles. The zero-order valence-electron chi connectivity index (χ0n) is 23.9. The van der Waals surface area contributed by atoms with E-state index in [0.717, 1.165) is 28.6 Å². The van der Waals surface area contributed by atoms with E-state index in [2.05, 4.69) is 5.32 Å². The molecule has 0 unspecified atom stereocenters. The fraction of sp³-hybridized carbons (Fsp3) is 0.188. The number of rotatable bonds is 7. The first-order valence-corrected chi connectivity index (χ1v) is 15.2. The summed E-state index contributed by atoms with van der Waals surface area (Å²) in [5.74, 6) is -0.545. The standard InChI is InChI=1S/C32H28N6O4S2/c1-32(2)17-22-23(18-42-32)30(43)37(21-13-7-4-8-14-21)29-27(22)28(33)36(20-11-5-3-6-12-20)31(35-29)44-19-26(39)34-24-15-9-10-16-25(24)38(40)41/h3-16,33H,17-19H2,1-2H3,(H,34,39). The number of pyridine rings is 1. The van der Waals surface area contributed by atoms with Gasteiger partial charge >= 0.3 is 0 Å². The van der Waals surface area contributed by atoms with Crippen molar-refractivity contribution in [1.82, 2.24) is 14.1 Å². The fourth-order valence-electron chi connectivity index (χ4n) is 5.33. The van der Waals surface area contributed by atoms with Crippen LogP contribution >= 0.6 is 24.0 Å². The zero-order valence-corrected chi connectivity index (χ0v) is 25.6. The Hall–Kier alpha value is -4.65. The number of amides is 1. The second kappa shape index (κ2) is 11.8. The van der Waals surface area contributed by atoms with E-state index in [1.165, 1.54) is 12.1 Å².